The molecule has 1 rings (SSSR count). The zero-order chi connectivity index (χ0) is 21.6. The lowest BCUT2D eigenvalue weighted by Crippen LogP contribution is -2.44. The lowest BCUT2D eigenvalue weighted by atomic mass is 9.88. The molecule has 152 valence electrons. The largest absolute Gasteiger partial charge is 0.468 e. The van der Waals surface area contributed by atoms with Gasteiger partial charge in [0.1, 0.15) is 0 Å². The summed E-state index contributed by atoms with van der Waals surface area (Å²) >= 11 is 0. The summed E-state index contributed by atoms with van der Waals surface area (Å²) in [6, 6.07) is 1.72. The molecule has 28 heavy (non-hydrogen) atoms. The summed E-state index contributed by atoms with van der Waals surface area (Å²) in [4.78, 5) is 56.3. The van der Waals surface area contributed by atoms with Gasteiger partial charge in [-0.2, -0.15) is 0 Å². The van der Waals surface area contributed by atoms with Gasteiger partial charge in [-0.15, -0.1) is 0 Å². The smallest absolute Gasteiger partial charge is 0.320 e. The number of nitrogens with one attached hydrogen (secondary N) is 1. The Morgan fingerprint density at radius 3 is 1.71 bits per heavy atom. The van der Waals surface area contributed by atoms with E-state index in [0.717, 1.165) is 32.4 Å². The molecule has 0 aromatic heterocycles. The van der Waals surface area contributed by atoms with Gasteiger partial charge in [0.05, 0.1) is 35.7 Å². The van der Waals surface area contributed by atoms with Gasteiger partial charge < -0.3 is 14.8 Å². The summed E-state index contributed by atoms with van der Waals surface area (Å²) in [7, 11) is 2.19. The Bertz CT molecular complexity index is 760. The molecule has 0 aliphatic heterocycles. The van der Waals surface area contributed by atoms with Crippen molar-refractivity contribution in [3.63, 3.8) is 0 Å². The van der Waals surface area contributed by atoms with Crippen molar-refractivity contribution in [2.24, 2.45) is 11.8 Å². The van der Waals surface area contributed by atoms with Crippen molar-refractivity contribution >= 4 is 29.2 Å². The molecular formula is C16H19N3O9. The van der Waals surface area contributed by atoms with Gasteiger partial charge in [0.2, 0.25) is 0 Å². The minimum absolute atomic E-state index is 0.312. The average Bonchev–Trinajstić information content (AvgIpc) is 2.66. The van der Waals surface area contributed by atoms with Crippen LogP contribution in [-0.2, 0) is 19.1 Å². The molecular weight excluding hydrogens is 378 g/mol. The van der Waals surface area contributed by atoms with E-state index >= 15 is 0 Å². The van der Waals surface area contributed by atoms with Crippen LogP contribution in [-0.4, -0.2) is 48.0 Å². The van der Waals surface area contributed by atoms with Crippen LogP contribution >= 0.6 is 0 Å². The molecule has 0 heterocycles. The third-order valence-corrected chi connectivity index (χ3v) is 4.17. The molecule has 1 amide bonds. The van der Waals surface area contributed by atoms with Gasteiger partial charge in [0, 0.05) is 24.1 Å². The van der Waals surface area contributed by atoms with E-state index in [9.17, 15) is 34.6 Å². The van der Waals surface area contributed by atoms with Crippen LogP contribution in [0.3, 0.4) is 0 Å². The highest BCUT2D eigenvalue weighted by molar-refractivity contribution is 5.97. The number of esters is 2. The Morgan fingerprint density at radius 1 is 0.929 bits per heavy atom. The fourth-order valence-corrected chi connectivity index (χ4v) is 2.43. The van der Waals surface area contributed by atoms with Gasteiger partial charge in [-0.05, 0) is 6.92 Å². The Labute approximate surface area is 159 Å². The number of rotatable bonds is 8. The number of nitro benzene ring substituents is 2. The van der Waals surface area contributed by atoms with Crippen molar-refractivity contribution < 1.29 is 33.7 Å². The second-order valence-corrected chi connectivity index (χ2v) is 5.90. The number of carbonyl (C=O) groups excluding carboxylic acids is 3. The van der Waals surface area contributed by atoms with Gasteiger partial charge in [0.15, 0.2) is 5.92 Å². The first-order valence-corrected chi connectivity index (χ1v) is 7.93. The Morgan fingerprint density at radius 2 is 1.36 bits per heavy atom. The van der Waals surface area contributed by atoms with Crippen LogP contribution in [0.4, 0.5) is 11.4 Å². The van der Waals surface area contributed by atoms with Crippen molar-refractivity contribution in [1.29, 1.82) is 0 Å². The maximum atomic E-state index is 12.4. The maximum Gasteiger partial charge on any atom is 0.320 e. The number of amides is 1. The molecule has 0 fully saturated rings. The van der Waals surface area contributed by atoms with E-state index in [1.54, 1.807) is 0 Å². The quantitative estimate of drug-likeness (QED) is 0.293. The van der Waals surface area contributed by atoms with Gasteiger partial charge in [-0.1, -0.05) is 6.92 Å². The molecule has 0 unspecified atom stereocenters. The normalized spacial score (nSPS) is 12.6. The fraction of sp³-hybridized carbons (Fsp3) is 0.438. The molecule has 0 aliphatic carbocycles. The highest BCUT2D eigenvalue weighted by atomic mass is 16.6. The second kappa shape index (κ2) is 9.39. The zero-order valence-corrected chi connectivity index (χ0v) is 15.5. The number of nitro groups is 2. The van der Waals surface area contributed by atoms with E-state index in [1.807, 2.05) is 0 Å². The number of ether oxygens (including phenoxy) is 2. The number of non-ortho nitro benzene ring substituents is 2. The van der Waals surface area contributed by atoms with E-state index in [2.05, 4.69) is 14.8 Å². The van der Waals surface area contributed by atoms with Crippen LogP contribution < -0.4 is 5.32 Å². The minimum atomic E-state index is -1.32. The molecule has 0 spiro atoms. The lowest BCUT2D eigenvalue weighted by Gasteiger charge is -2.26. The standard InChI is InChI=1S/C16H19N3O9/c1-8(13(15(21)27-3)16(22)28-4)9(2)17-14(20)10-5-11(18(23)24)7-12(6-10)19(25)26/h5-9,13H,1-4H3,(H,17,20)/t8-,9-/m1/s1. The Balaban J connectivity index is 3.11. The topological polar surface area (TPSA) is 168 Å². The summed E-state index contributed by atoms with van der Waals surface area (Å²) in [6.07, 6.45) is 0. The van der Waals surface area contributed by atoms with Crippen molar-refractivity contribution in [3.05, 3.63) is 44.0 Å². The predicted octanol–water partition coefficient (Wildman–Crippen LogP) is 1.22. The number of methoxy groups -OCH3 is 2. The van der Waals surface area contributed by atoms with E-state index in [0.29, 0.717) is 0 Å². The summed E-state index contributed by atoms with van der Waals surface area (Å²) < 4.78 is 9.16. The zero-order valence-electron chi connectivity index (χ0n) is 15.5. The molecule has 12 nitrogen and oxygen atoms in total. The summed E-state index contributed by atoms with van der Waals surface area (Å²) in [5.74, 6) is -4.64. The summed E-state index contributed by atoms with van der Waals surface area (Å²) in [5, 5.41) is 24.3. The van der Waals surface area contributed by atoms with Crippen LogP contribution in [0.5, 0.6) is 0 Å². The van der Waals surface area contributed by atoms with Crippen LogP contribution in [0.25, 0.3) is 0 Å². The monoisotopic (exact) mass is 397 g/mol. The molecule has 1 N–H and O–H groups in total. The fourth-order valence-electron chi connectivity index (χ4n) is 2.43. The first-order chi connectivity index (χ1) is 13.0. The molecule has 0 radical (unpaired) electrons. The highest BCUT2D eigenvalue weighted by Gasteiger charge is 2.37. The average molecular weight is 397 g/mol. The predicted molar refractivity (Wildman–Crippen MR) is 93.4 cm³/mol. The van der Waals surface area contributed by atoms with E-state index in [1.165, 1.54) is 13.8 Å². The van der Waals surface area contributed by atoms with Gasteiger partial charge in [0.25, 0.3) is 17.3 Å². The minimum Gasteiger partial charge on any atom is -0.468 e. The number of hydrogen-bond acceptors (Lipinski definition) is 9. The van der Waals surface area contributed by atoms with Crippen LogP contribution in [0.2, 0.25) is 0 Å². The van der Waals surface area contributed by atoms with E-state index < -0.39 is 56.9 Å². The third kappa shape index (κ3) is 5.22. The lowest BCUT2D eigenvalue weighted by molar-refractivity contribution is -0.394. The number of carbonyl (C=O) groups is 3. The number of benzene rings is 1. The third-order valence-electron chi connectivity index (χ3n) is 4.17. The van der Waals surface area contributed by atoms with E-state index in [-0.39, 0.29) is 5.56 Å². The summed E-state index contributed by atoms with van der Waals surface area (Å²) in [6.45, 7) is 2.99. The summed E-state index contributed by atoms with van der Waals surface area (Å²) in [5.41, 5.74) is -1.56. The molecule has 0 bridgehead atoms. The number of nitrogens with zero attached hydrogens (tertiary/aromatic N) is 2. The molecule has 0 saturated carbocycles. The van der Waals surface area contributed by atoms with Crippen molar-refractivity contribution in [1.82, 2.24) is 5.32 Å². The van der Waals surface area contributed by atoms with Crippen LogP contribution in [0.15, 0.2) is 18.2 Å². The van der Waals surface area contributed by atoms with Crippen molar-refractivity contribution in [3.8, 4) is 0 Å². The van der Waals surface area contributed by atoms with Crippen molar-refractivity contribution in [2.75, 3.05) is 14.2 Å². The van der Waals surface area contributed by atoms with Gasteiger partial charge in [-0.25, -0.2) is 0 Å². The Kier molecular flexibility index (Phi) is 7.54. The van der Waals surface area contributed by atoms with Gasteiger partial charge in [-0.3, -0.25) is 34.6 Å². The Hall–Kier alpha value is -3.57. The van der Waals surface area contributed by atoms with Gasteiger partial charge >= 0.3 is 11.9 Å². The molecule has 0 saturated heterocycles. The van der Waals surface area contributed by atoms with Crippen molar-refractivity contribution in [2.45, 2.75) is 19.9 Å². The first kappa shape index (κ1) is 22.5. The first-order valence-electron chi connectivity index (χ1n) is 7.93. The molecule has 1 aromatic carbocycles. The molecule has 0 aliphatic rings. The highest BCUT2D eigenvalue weighted by Crippen LogP contribution is 2.24. The van der Waals surface area contributed by atoms with Crippen LogP contribution in [0, 0.1) is 32.1 Å². The molecule has 12 heteroatoms. The molecule has 1 aromatic rings. The van der Waals surface area contributed by atoms with E-state index in [4.69, 9.17) is 0 Å². The second-order valence-electron chi connectivity index (χ2n) is 5.90. The number of hydrogen-bond donors (Lipinski definition) is 1. The SMILES string of the molecule is COC(=O)C(C(=O)OC)[C@H](C)[C@@H](C)NC(=O)c1cc([N+](=O)[O-])cc([N+](=O)[O-])c1. The van der Waals surface area contributed by atoms with Crippen LogP contribution in [0.1, 0.15) is 24.2 Å². The molecule has 2 atom stereocenters. The maximum absolute atomic E-state index is 12.4.